The minimum absolute atomic E-state index is 0.0769. The van der Waals surface area contributed by atoms with E-state index in [0.29, 0.717) is 19.0 Å². The second kappa shape index (κ2) is 6.44. The molecule has 1 rings (SSSR count). The number of alkyl halides is 3. The van der Waals surface area contributed by atoms with Crippen LogP contribution in [0.25, 0.3) is 0 Å². The predicted molar refractivity (Wildman–Crippen MR) is 57.8 cm³/mol. The number of methoxy groups -OCH3 is 1. The summed E-state index contributed by atoms with van der Waals surface area (Å²) in [6.45, 7) is 0.757. The minimum atomic E-state index is -4.07. The number of aromatic nitrogens is 1. The molecule has 0 aliphatic rings. The second-order valence-electron chi connectivity index (χ2n) is 3.57. The largest absolute Gasteiger partial charge is 0.481 e. The normalized spacial score (nSPS) is 11.5. The molecule has 0 aliphatic carbocycles. The number of hydrogen-bond acceptors (Lipinski definition) is 3. The lowest BCUT2D eigenvalue weighted by atomic mass is 10.3. The molecule has 0 saturated carbocycles. The lowest BCUT2D eigenvalue weighted by Crippen LogP contribution is -2.18. The van der Waals surface area contributed by atoms with E-state index in [0.717, 1.165) is 5.69 Å². The lowest BCUT2D eigenvalue weighted by molar-refractivity contribution is -0.135. The second-order valence-corrected chi connectivity index (χ2v) is 3.57. The Kier molecular flexibility index (Phi) is 5.21. The molecule has 0 bridgehead atoms. The molecule has 1 N–H and O–H groups in total. The van der Waals surface area contributed by atoms with Crippen molar-refractivity contribution < 1.29 is 17.9 Å². The molecule has 0 radical (unpaired) electrons. The molecule has 17 heavy (non-hydrogen) atoms. The number of nitrogens with zero attached hydrogens (tertiary/aromatic N) is 1. The Labute approximate surface area is 98.0 Å². The fourth-order valence-corrected chi connectivity index (χ4v) is 1.30. The van der Waals surface area contributed by atoms with Crippen molar-refractivity contribution in [3.05, 3.63) is 23.9 Å². The number of halogens is 3. The number of pyridine rings is 1. The highest BCUT2D eigenvalue weighted by Gasteiger charge is 2.25. The van der Waals surface area contributed by atoms with Gasteiger partial charge in [-0.3, -0.25) is 0 Å². The Morgan fingerprint density at radius 2 is 2.12 bits per heavy atom. The number of rotatable bonds is 6. The minimum Gasteiger partial charge on any atom is -0.481 e. The SMILES string of the molecule is COc1cccc(CNCCCC(F)(F)F)n1. The first-order valence-corrected chi connectivity index (χ1v) is 5.28. The van der Waals surface area contributed by atoms with Crippen LogP contribution in [-0.4, -0.2) is 24.8 Å². The monoisotopic (exact) mass is 248 g/mol. The smallest absolute Gasteiger partial charge is 0.389 e. The summed E-state index contributed by atoms with van der Waals surface area (Å²) in [5, 5.41) is 2.91. The summed E-state index contributed by atoms with van der Waals surface area (Å²) in [7, 11) is 1.52. The van der Waals surface area contributed by atoms with Crippen molar-refractivity contribution in [1.29, 1.82) is 0 Å². The van der Waals surface area contributed by atoms with Gasteiger partial charge in [0.15, 0.2) is 0 Å². The van der Waals surface area contributed by atoms with Gasteiger partial charge in [-0.1, -0.05) is 6.07 Å². The molecule has 0 spiro atoms. The number of ether oxygens (including phenoxy) is 1. The van der Waals surface area contributed by atoms with Crippen molar-refractivity contribution in [3.63, 3.8) is 0 Å². The van der Waals surface area contributed by atoms with E-state index in [2.05, 4.69) is 10.3 Å². The zero-order valence-corrected chi connectivity index (χ0v) is 9.55. The van der Waals surface area contributed by atoms with E-state index < -0.39 is 12.6 Å². The molecular weight excluding hydrogens is 233 g/mol. The summed E-state index contributed by atoms with van der Waals surface area (Å²) in [6, 6.07) is 5.30. The molecule has 0 aliphatic heterocycles. The van der Waals surface area contributed by atoms with Crippen molar-refractivity contribution >= 4 is 0 Å². The van der Waals surface area contributed by atoms with Gasteiger partial charge in [0.2, 0.25) is 5.88 Å². The molecule has 0 saturated heterocycles. The highest BCUT2D eigenvalue weighted by molar-refractivity contribution is 5.15. The fraction of sp³-hybridized carbons (Fsp3) is 0.545. The molecule has 0 aromatic carbocycles. The van der Waals surface area contributed by atoms with Crippen LogP contribution in [-0.2, 0) is 6.54 Å². The van der Waals surface area contributed by atoms with Gasteiger partial charge in [0, 0.05) is 19.0 Å². The van der Waals surface area contributed by atoms with E-state index in [-0.39, 0.29) is 6.42 Å². The maximum absolute atomic E-state index is 11.8. The van der Waals surface area contributed by atoms with E-state index in [1.54, 1.807) is 18.2 Å². The van der Waals surface area contributed by atoms with E-state index >= 15 is 0 Å². The van der Waals surface area contributed by atoms with Gasteiger partial charge in [-0.05, 0) is 19.0 Å². The highest BCUT2D eigenvalue weighted by Crippen LogP contribution is 2.20. The van der Waals surface area contributed by atoms with E-state index in [9.17, 15) is 13.2 Å². The topological polar surface area (TPSA) is 34.1 Å². The van der Waals surface area contributed by atoms with E-state index in [1.807, 2.05) is 0 Å². The van der Waals surface area contributed by atoms with Crippen LogP contribution in [0.1, 0.15) is 18.5 Å². The Balaban J connectivity index is 2.22. The molecular formula is C11H15F3N2O. The van der Waals surface area contributed by atoms with Gasteiger partial charge < -0.3 is 10.1 Å². The standard InChI is InChI=1S/C11H15F3N2O/c1-17-10-5-2-4-9(16-10)8-15-7-3-6-11(12,13)14/h2,4-5,15H,3,6-8H2,1H3. The van der Waals surface area contributed by atoms with Crippen LogP contribution in [0, 0.1) is 0 Å². The van der Waals surface area contributed by atoms with E-state index in [1.165, 1.54) is 7.11 Å². The van der Waals surface area contributed by atoms with Crippen LogP contribution in [0.15, 0.2) is 18.2 Å². The van der Waals surface area contributed by atoms with Gasteiger partial charge in [-0.25, -0.2) is 4.98 Å². The molecule has 0 fully saturated rings. The maximum atomic E-state index is 11.8. The molecule has 0 unspecified atom stereocenters. The summed E-state index contributed by atoms with van der Waals surface area (Å²) in [5.74, 6) is 0.500. The molecule has 96 valence electrons. The first-order chi connectivity index (χ1) is 8.01. The van der Waals surface area contributed by atoms with Gasteiger partial charge in [0.1, 0.15) is 0 Å². The first-order valence-electron chi connectivity index (χ1n) is 5.28. The Hall–Kier alpha value is -1.30. The first kappa shape index (κ1) is 13.8. The summed E-state index contributed by atoms with van der Waals surface area (Å²) >= 11 is 0. The highest BCUT2D eigenvalue weighted by atomic mass is 19.4. The van der Waals surface area contributed by atoms with Crippen molar-refractivity contribution in [2.24, 2.45) is 0 Å². The van der Waals surface area contributed by atoms with Gasteiger partial charge in [0.25, 0.3) is 0 Å². The lowest BCUT2D eigenvalue weighted by Gasteiger charge is -2.07. The number of hydrogen-bond donors (Lipinski definition) is 1. The maximum Gasteiger partial charge on any atom is 0.389 e. The third kappa shape index (κ3) is 6.11. The van der Waals surface area contributed by atoms with Gasteiger partial charge in [-0.15, -0.1) is 0 Å². The Morgan fingerprint density at radius 1 is 1.35 bits per heavy atom. The summed E-state index contributed by atoms with van der Waals surface area (Å²) in [4.78, 5) is 4.13. The molecule has 0 amide bonds. The molecule has 0 atom stereocenters. The van der Waals surface area contributed by atoms with Crippen molar-refractivity contribution in [2.45, 2.75) is 25.6 Å². The summed E-state index contributed by atoms with van der Waals surface area (Å²) in [6.07, 6.45) is -4.76. The van der Waals surface area contributed by atoms with E-state index in [4.69, 9.17) is 4.74 Å². The third-order valence-corrected chi connectivity index (χ3v) is 2.11. The molecule has 1 aromatic heterocycles. The fourth-order valence-electron chi connectivity index (χ4n) is 1.30. The number of nitrogens with one attached hydrogen (secondary N) is 1. The van der Waals surface area contributed by atoms with Crippen LogP contribution >= 0.6 is 0 Å². The van der Waals surface area contributed by atoms with Crippen LogP contribution in [0.2, 0.25) is 0 Å². The quantitative estimate of drug-likeness (QED) is 0.785. The van der Waals surface area contributed by atoms with Gasteiger partial charge in [-0.2, -0.15) is 13.2 Å². The molecule has 1 heterocycles. The average molecular weight is 248 g/mol. The van der Waals surface area contributed by atoms with Crippen LogP contribution in [0.3, 0.4) is 0 Å². The van der Waals surface area contributed by atoms with Gasteiger partial charge >= 0.3 is 6.18 Å². The summed E-state index contributed by atoms with van der Waals surface area (Å²) in [5.41, 5.74) is 0.747. The molecule has 6 heteroatoms. The zero-order valence-electron chi connectivity index (χ0n) is 9.55. The van der Waals surface area contributed by atoms with Crippen molar-refractivity contribution in [2.75, 3.05) is 13.7 Å². The molecule has 1 aromatic rings. The van der Waals surface area contributed by atoms with Crippen molar-refractivity contribution in [3.8, 4) is 5.88 Å². The average Bonchev–Trinajstić information content (AvgIpc) is 2.27. The van der Waals surface area contributed by atoms with Crippen LogP contribution in [0.4, 0.5) is 13.2 Å². The van der Waals surface area contributed by atoms with Crippen LogP contribution < -0.4 is 10.1 Å². The van der Waals surface area contributed by atoms with Crippen molar-refractivity contribution in [1.82, 2.24) is 10.3 Å². The molecule has 3 nitrogen and oxygen atoms in total. The Morgan fingerprint density at radius 3 is 2.76 bits per heavy atom. The third-order valence-electron chi connectivity index (χ3n) is 2.11. The summed E-state index contributed by atoms with van der Waals surface area (Å²) < 4.78 is 40.5. The predicted octanol–water partition coefficient (Wildman–Crippen LogP) is 2.52. The zero-order chi connectivity index (χ0) is 12.7. The van der Waals surface area contributed by atoms with Crippen LogP contribution in [0.5, 0.6) is 5.88 Å². The van der Waals surface area contributed by atoms with Gasteiger partial charge in [0.05, 0.1) is 12.8 Å². The Bertz CT molecular complexity index is 342.